The topological polar surface area (TPSA) is 48.4 Å². The van der Waals surface area contributed by atoms with Gasteiger partial charge in [-0.15, -0.1) is 0 Å². The summed E-state index contributed by atoms with van der Waals surface area (Å²) in [5.41, 5.74) is 2.29. The quantitative estimate of drug-likeness (QED) is 0.790. The lowest BCUT2D eigenvalue weighted by atomic mass is 10.0. The summed E-state index contributed by atoms with van der Waals surface area (Å²) in [5.74, 6) is 1.35. The van der Waals surface area contributed by atoms with Crippen molar-refractivity contribution in [1.29, 1.82) is 0 Å². The number of carbonyl (C=O) groups is 1. The van der Waals surface area contributed by atoms with E-state index >= 15 is 0 Å². The minimum atomic E-state index is -0.0111. The van der Waals surface area contributed by atoms with Gasteiger partial charge >= 0.3 is 0 Å². The second-order valence-electron chi connectivity index (χ2n) is 4.50. The number of ether oxygens (including phenoxy) is 2. The van der Waals surface area contributed by atoms with E-state index in [-0.39, 0.29) is 5.78 Å². The zero-order valence-electron chi connectivity index (χ0n) is 12.3. The summed E-state index contributed by atoms with van der Waals surface area (Å²) in [6.45, 7) is 1.55. The van der Waals surface area contributed by atoms with Gasteiger partial charge in [0.05, 0.1) is 14.2 Å². The molecule has 2 aromatic rings. The van der Waals surface area contributed by atoms with Crippen LogP contribution in [0.4, 0.5) is 0 Å². The molecule has 108 valence electrons. The lowest BCUT2D eigenvalue weighted by molar-refractivity contribution is -0.111. The van der Waals surface area contributed by atoms with Crippen LogP contribution in [0, 0.1) is 0 Å². The highest BCUT2D eigenvalue weighted by atomic mass is 16.5. The molecule has 0 saturated carbocycles. The fraction of sp³-hybridized carbons (Fsp3) is 0.176. The molecule has 0 unspecified atom stereocenters. The number of methoxy groups -OCH3 is 2. The van der Waals surface area contributed by atoms with Crippen molar-refractivity contribution in [3.63, 3.8) is 0 Å². The van der Waals surface area contributed by atoms with Crippen LogP contribution in [0.15, 0.2) is 42.7 Å². The third-order valence-corrected chi connectivity index (χ3v) is 3.06. The van der Waals surface area contributed by atoms with Crippen LogP contribution < -0.4 is 9.47 Å². The summed E-state index contributed by atoms with van der Waals surface area (Å²) in [6.07, 6.45) is 5.15. The highest BCUT2D eigenvalue weighted by Crippen LogP contribution is 2.26. The Morgan fingerprint density at radius 3 is 2.10 bits per heavy atom. The van der Waals surface area contributed by atoms with Gasteiger partial charge in [0, 0.05) is 24.0 Å². The molecule has 0 aliphatic rings. The molecular formula is C17H17NO3. The average molecular weight is 283 g/mol. The first kappa shape index (κ1) is 14.8. The van der Waals surface area contributed by atoms with E-state index in [4.69, 9.17) is 9.47 Å². The number of carbonyl (C=O) groups excluding carboxylic acids is 1. The van der Waals surface area contributed by atoms with Gasteiger partial charge in [0.2, 0.25) is 0 Å². The maximum absolute atomic E-state index is 11.9. The van der Waals surface area contributed by atoms with E-state index in [1.165, 1.54) is 0 Å². The van der Waals surface area contributed by atoms with Crippen LogP contribution in [-0.2, 0) is 4.79 Å². The molecule has 0 radical (unpaired) electrons. The van der Waals surface area contributed by atoms with Crippen molar-refractivity contribution < 1.29 is 14.3 Å². The largest absolute Gasteiger partial charge is 0.497 e. The van der Waals surface area contributed by atoms with E-state index in [0.29, 0.717) is 17.1 Å². The zero-order chi connectivity index (χ0) is 15.2. The summed E-state index contributed by atoms with van der Waals surface area (Å²) in [6, 6.07) is 9.12. The smallest absolute Gasteiger partial charge is 0.160 e. The highest BCUT2D eigenvalue weighted by Gasteiger charge is 2.08. The highest BCUT2D eigenvalue weighted by molar-refractivity contribution is 6.24. The monoisotopic (exact) mass is 283 g/mol. The molecule has 0 saturated heterocycles. The van der Waals surface area contributed by atoms with Crippen molar-refractivity contribution in [2.24, 2.45) is 0 Å². The summed E-state index contributed by atoms with van der Waals surface area (Å²) >= 11 is 0. The van der Waals surface area contributed by atoms with Crippen molar-refractivity contribution in [3.05, 3.63) is 53.9 Å². The molecule has 21 heavy (non-hydrogen) atoms. The molecule has 0 bridgehead atoms. The number of pyridine rings is 1. The Bertz CT molecular complexity index is 641. The Labute approximate surface area is 124 Å². The van der Waals surface area contributed by atoms with E-state index in [1.807, 2.05) is 30.3 Å². The molecule has 0 aliphatic carbocycles. The van der Waals surface area contributed by atoms with Crippen molar-refractivity contribution >= 4 is 17.4 Å². The Kier molecular flexibility index (Phi) is 4.72. The fourth-order valence-electron chi connectivity index (χ4n) is 2.00. The lowest BCUT2D eigenvalue weighted by Gasteiger charge is -2.08. The normalized spacial score (nSPS) is 11.1. The Morgan fingerprint density at radius 1 is 1.05 bits per heavy atom. The second kappa shape index (κ2) is 6.70. The number of hydrogen-bond acceptors (Lipinski definition) is 4. The molecule has 1 aromatic carbocycles. The Balaban J connectivity index is 2.50. The van der Waals surface area contributed by atoms with Crippen molar-refractivity contribution in [1.82, 2.24) is 4.98 Å². The number of nitrogens with zero attached hydrogens (tertiary/aromatic N) is 1. The van der Waals surface area contributed by atoms with Gasteiger partial charge in [0.25, 0.3) is 0 Å². The van der Waals surface area contributed by atoms with Crippen LogP contribution in [0.3, 0.4) is 0 Å². The van der Waals surface area contributed by atoms with Crippen LogP contribution in [-0.4, -0.2) is 25.0 Å². The molecule has 1 heterocycles. The molecule has 1 aromatic heterocycles. The third-order valence-electron chi connectivity index (χ3n) is 3.06. The van der Waals surface area contributed by atoms with Gasteiger partial charge in [-0.05, 0) is 48.4 Å². The molecule has 0 amide bonds. The minimum absolute atomic E-state index is 0.0111. The first-order valence-corrected chi connectivity index (χ1v) is 6.50. The third kappa shape index (κ3) is 3.69. The van der Waals surface area contributed by atoms with Gasteiger partial charge in [-0.2, -0.15) is 0 Å². The average Bonchev–Trinajstić information content (AvgIpc) is 2.52. The van der Waals surface area contributed by atoms with E-state index in [2.05, 4.69) is 4.98 Å². The van der Waals surface area contributed by atoms with Crippen molar-refractivity contribution in [3.8, 4) is 11.5 Å². The number of hydrogen-bond donors (Lipinski definition) is 0. The molecule has 0 spiro atoms. The molecule has 0 N–H and O–H groups in total. The molecule has 4 nitrogen and oxygen atoms in total. The molecule has 0 fully saturated rings. The minimum Gasteiger partial charge on any atom is -0.497 e. The van der Waals surface area contributed by atoms with Crippen LogP contribution >= 0.6 is 0 Å². The summed E-state index contributed by atoms with van der Waals surface area (Å²) in [7, 11) is 3.19. The van der Waals surface area contributed by atoms with Crippen LogP contribution in [0.5, 0.6) is 11.5 Å². The van der Waals surface area contributed by atoms with E-state index in [0.717, 1.165) is 11.1 Å². The Morgan fingerprint density at radius 2 is 1.62 bits per heavy atom. The SMILES string of the molecule is COc1cc(C=C(C(C)=O)c2ccncc2)cc(OC)c1. The van der Waals surface area contributed by atoms with Gasteiger partial charge in [-0.25, -0.2) is 0 Å². The lowest BCUT2D eigenvalue weighted by Crippen LogP contribution is -1.96. The number of Topliss-reactive ketones (excluding diaryl/α,β-unsaturated/α-hetero) is 1. The van der Waals surface area contributed by atoms with E-state index < -0.39 is 0 Å². The van der Waals surface area contributed by atoms with Gasteiger partial charge < -0.3 is 9.47 Å². The maximum Gasteiger partial charge on any atom is 0.160 e. The number of allylic oxidation sites excluding steroid dienone is 1. The van der Waals surface area contributed by atoms with Crippen LogP contribution in [0.2, 0.25) is 0 Å². The second-order valence-corrected chi connectivity index (χ2v) is 4.50. The van der Waals surface area contributed by atoms with Crippen molar-refractivity contribution in [2.45, 2.75) is 6.92 Å². The molecule has 0 atom stereocenters. The Hall–Kier alpha value is -2.62. The van der Waals surface area contributed by atoms with Crippen LogP contribution in [0.25, 0.3) is 11.6 Å². The number of benzene rings is 1. The standard InChI is InChI=1S/C17H17NO3/c1-12(19)17(14-4-6-18-7-5-14)10-13-8-15(20-2)11-16(9-13)21-3/h4-11H,1-3H3. The summed E-state index contributed by atoms with van der Waals surface area (Å²) in [4.78, 5) is 15.9. The van der Waals surface area contributed by atoms with Gasteiger partial charge in [0.15, 0.2) is 5.78 Å². The number of ketones is 1. The molecular weight excluding hydrogens is 266 g/mol. The predicted molar refractivity (Wildman–Crippen MR) is 82.3 cm³/mol. The first-order valence-electron chi connectivity index (χ1n) is 6.50. The summed E-state index contributed by atoms with van der Waals surface area (Å²) in [5, 5.41) is 0. The van der Waals surface area contributed by atoms with Crippen LogP contribution in [0.1, 0.15) is 18.1 Å². The van der Waals surface area contributed by atoms with Gasteiger partial charge in [0.1, 0.15) is 11.5 Å². The number of rotatable bonds is 5. The van der Waals surface area contributed by atoms with Gasteiger partial charge in [-0.3, -0.25) is 9.78 Å². The molecule has 4 heteroatoms. The number of aromatic nitrogens is 1. The molecule has 0 aliphatic heterocycles. The first-order chi connectivity index (χ1) is 10.1. The van der Waals surface area contributed by atoms with Crippen molar-refractivity contribution in [2.75, 3.05) is 14.2 Å². The zero-order valence-corrected chi connectivity index (χ0v) is 12.3. The summed E-state index contributed by atoms with van der Waals surface area (Å²) < 4.78 is 10.5. The fourth-order valence-corrected chi connectivity index (χ4v) is 2.00. The molecule has 2 rings (SSSR count). The van der Waals surface area contributed by atoms with E-state index in [1.54, 1.807) is 39.6 Å². The maximum atomic E-state index is 11.9. The van der Waals surface area contributed by atoms with E-state index in [9.17, 15) is 4.79 Å². The van der Waals surface area contributed by atoms with Gasteiger partial charge in [-0.1, -0.05) is 0 Å². The predicted octanol–water partition coefficient (Wildman–Crippen LogP) is 3.23.